The Hall–Kier alpha value is -0.0800. The molecule has 0 aromatic heterocycles. The molecular formula is C16H30N2. The fourth-order valence-corrected chi connectivity index (χ4v) is 4.84. The largest absolute Gasteiger partial charge is 0.312 e. The molecule has 0 spiro atoms. The average molecular weight is 250 g/mol. The molecule has 3 rings (SSSR count). The van der Waals surface area contributed by atoms with E-state index in [0.717, 1.165) is 36.3 Å². The minimum Gasteiger partial charge on any atom is -0.312 e. The van der Waals surface area contributed by atoms with Crippen molar-refractivity contribution in [2.45, 2.75) is 57.5 Å². The minimum atomic E-state index is 0.275. The van der Waals surface area contributed by atoms with Gasteiger partial charge in [-0.2, -0.15) is 0 Å². The molecule has 0 radical (unpaired) electrons. The third kappa shape index (κ3) is 2.02. The number of rotatable bonds is 4. The molecular weight excluding hydrogens is 220 g/mol. The molecule has 5 atom stereocenters. The van der Waals surface area contributed by atoms with Crippen LogP contribution >= 0.6 is 0 Å². The standard InChI is InChI=1S/C16H30N2/c1-16(2,18(3)4)10-17-15-9-11-8-14(15)13-7-5-6-12(11)13/h11-15,17H,5-10H2,1-4H3. The summed E-state index contributed by atoms with van der Waals surface area (Å²) >= 11 is 0. The van der Waals surface area contributed by atoms with Crippen molar-refractivity contribution in [1.29, 1.82) is 0 Å². The van der Waals surface area contributed by atoms with Crippen LogP contribution in [-0.2, 0) is 0 Å². The Balaban J connectivity index is 1.57. The van der Waals surface area contributed by atoms with E-state index in [1.165, 1.54) is 25.7 Å². The monoisotopic (exact) mass is 250 g/mol. The van der Waals surface area contributed by atoms with Gasteiger partial charge in [0.05, 0.1) is 0 Å². The summed E-state index contributed by atoms with van der Waals surface area (Å²) in [7, 11) is 4.38. The van der Waals surface area contributed by atoms with Crippen LogP contribution in [-0.4, -0.2) is 37.1 Å². The summed E-state index contributed by atoms with van der Waals surface area (Å²) in [5, 5.41) is 3.91. The third-order valence-electron chi connectivity index (χ3n) is 6.44. The first-order chi connectivity index (χ1) is 8.49. The van der Waals surface area contributed by atoms with Gasteiger partial charge in [-0.3, -0.25) is 0 Å². The molecule has 2 bridgehead atoms. The predicted octanol–water partition coefficient (Wildman–Crippen LogP) is 2.74. The Bertz CT molecular complexity index is 310. The van der Waals surface area contributed by atoms with Crippen LogP contribution in [0.15, 0.2) is 0 Å². The van der Waals surface area contributed by atoms with Crippen molar-refractivity contribution >= 4 is 0 Å². The maximum absolute atomic E-state index is 3.91. The van der Waals surface area contributed by atoms with Gasteiger partial charge in [0.25, 0.3) is 0 Å². The number of nitrogens with one attached hydrogen (secondary N) is 1. The molecule has 3 fully saturated rings. The van der Waals surface area contributed by atoms with E-state index >= 15 is 0 Å². The molecule has 0 aliphatic heterocycles. The van der Waals surface area contributed by atoms with E-state index in [2.05, 4.69) is 38.2 Å². The highest BCUT2D eigenvalue weighted by Crippen LogP contribution is 2.58. The fourth-order valence-electron chi connectivity index (χ4n) is 4.84. The molecule has 0 heterocycles. The highest BCUT2D eigenvalue weighted by molar-refractivity contribution is 5.05. The Morgan fingerprint density at radius 2 is 1.78 bits per heavy atom. The summed E-state index contributed by atoms with van der Waals surface area (Å²) in [6.07, 6.45) is 7.59. The van der Waals surface area contributed by atoms with Crippen molar-refractivity contribution in [1.82, 2.24) is 10.2 Å². The van der Waals surface area contributed by atoms with Crippen molar-refractivity contribution in [3.63, 3.8) is 0 Å². The Morgan fingerprint density at radius 1 is 1.06 bits per heavy atom. The first kappa shape index (κ1) is 12.9. The van der Waals surface area contributed by atoms with Gasteiger partial charge in [-0.05, 0) is 77.3 Å². The summed E-state index contributed by atoms with van der Waals surface area (Å²) in [6, 6.07) is 0.827. The maximum atomic E-state index is 3.91. The van der Waals surface area contributed by atoms with E-state index in [-0.39, 0.29) is 5.54 Å². The van der Waals surface area contributed by atoms with E-state index in [0.29, 0.717) is 0 Å². The molecule has 2 heteroatoms. The summed E-state index contributed by atoms with van der Waals surface area (Å²) in [5.74, 6) is 4.29. The third-order valence-corrected chi connectivity index (χ3v) is 6.44. The Labute approximate surface area is 113 Å². The highest BCUT2D eigenvalue weighted by Gasteiger charge is 2.53. The molecule has 2 nitrogen and oxygen atoms in total. The molecule has 5 unspecified atom stereocenters. The molecule has 0 saturated heterocycles. The van der Waals surface area contributed by atoms with Gasteiger partial charge in [0.15, 0.2) is 0 Å². The highest BCUT2D eigenvalue weighted by atomic mass is 15.2. The Kier molecular flexibility index (Phi) is 3.22. The van der Waals surface area contributed by atoms with E-state index < -0.39 is 0 Å². The first-order valence-electron chi connectivity index (χ1n) is 7.90. The maximum Gasteiger partial charge on any atom is 0.0271 e. The summed E-state index contributed by atoms with van der Waals surface area (Å²) in [6.45, 7) is 5.81. The average Bonchev–Trinajstić information content (AvgIpc) is 2.98. The molecule has 0 aromatic carbocycles. The quantitative estimate of drug-likeness (QED) is 0.825. The van der Waals surface area contributed by atoms with Gasteiger partial charge in [0.1, 0.15) is 0 Å². The van der Waals surface area contributed by atoms with Crippen molar-refractivity contribution in [3.8, 4) is 0 Å². The van der Waals surface area contributed by atoms with E-state index in [1.807, 2.05) is 0 Å². The lowest BCUT2D eigenvalue weighted by molar-refractivity contribution is 0.157. The van der Waals surface area contributed by atoms with Crippen LogP contribution in [0.4, 0.5) is 0 Å². The van der Waals surface area contributed by atoms with Crippen LogP contribution in [0, 0.1) is 23.7 Å². The van der Waals surface area contributed by atoms with Gasteiger partial charge in [-0.15, -0.1) is 0 Å². The minimum absolute atomic E-state index is 0.275. The van der Waals surface area contributed by atoms with Gasteiger partial charge >= 0.3 is 0 Å². The van der Waals surface area contributed by atoms with E-state index in [4.69, 9.17) is 0 Å². The lowest BCUT2D eigenvalue weighted by atomic mass is 9.79. The SMILES string of the molecule is CN(C)C(C)(C)CNC1CC2CC1C1CCCC21. The molecule has 18 heavy (non-hydrogen) atoms. The second-order valence-corrected chi connectivity index (χ2v) is 7.85. The Morgan fingerprint density at radius 3 is 2.50 bits per heavy atom. The molecule has 104 valence electrons. The van der Waals surface area contributed by atoms with Crippen molar-refractivity contribution in [2.24, 2.45) is 23.7 Å². The van der Waals surface area contributed by atoms with Gasteiger partial charge in [-0.25, -0.2) is 0 Å². The normalized spacial score (nSPS) is 42.8. The molecule has 3 saturated carbocycles. The van der Waals surface area contributed by atoms with E-state index in [1.54, 1.807) is 6.42 Å². The zero-order chi connectivity index (χ0) is 12.9. The predicted molar refractivity (Wildman–Crippen MR) is 76.6 cm³/mol. The smallest absolute Gasteiger partial charge is 0.0271 e. The summed E-state index contributed by atoms with van der Waals surface area (Å²) < 4.78 is 0. The zero-order valence-corrected chi connectivity index (χ0v) is 12.6. The number of hydrogen-bond donors (Lipinski definition) is 1. The van der Waals surface area contributed by atoms with Gasteiger partial charge in [0.2, 0.25) is 0 Å². The van der Waals surface area contributed by atoms with Crippen LogP contribution in [0.25, 0.3) is 0 Å². The molecule has 0 amide bonds. The van der Waals surface area contributed by atoms with Crippen LogP contribution in [0.1, 0.15) is 46.0 Å². The number of likely N-dealkylation sites (N-methyl/N-ethyl adjacent to an activating group) is 1. The number of nitrogens with zero attached hydrogens (tertiary/aromatic N) is 1. The van der Waals surface area contributed by atoms with Crippen molar-refractivity contribution in [3.05, 3.63) is 0 Å². The number of hydrogen-bond acceptors (Lipinski definition) is 2. The molecule has 1 N–H and O–H groups in total. The van der Waals surface area contributed by atoms with Crippen molar-refractivity contribution in [2.75, 3.05) is 20.6 Å². The summed E-state index contributed by atoms with van der Waals surface area (Å²) in [5.41, 5.74) is 0.275. The van der Waals surface area contributed by atoms with Gasteiger partial charge in [-0.1, -0.05) is 6.42 Å². The van der Waals surface area contributed by atoms with Crippen LogP contribution < -0.4 is 5.32 Å². The van der Waals surface area contributed by atoms with Crippen LogP contribution in [0.2, 0.25) is 0 Å². The topological polar surface area (TPSA) is 15.3 Å². The second kappa shape index (κ2) is 4.49. The molecule has 3 aliphatic carbocycles. The zero-order valence-electron chi connectivity index (χ0n) is 12.6. The molecule has 0 aromatic rings. The summed E-state index contributed by atoms with van der Waals surface area (Å²) in [4.78, 5) is 2.34. The van der Waals surface area contributed by atoms with Crippen molar-refractivity contribution < 1.29 is 0 Å². The van der Waals surface area contributed by atoms with Gasteiger partial charge in [0, 0.05) is 18.1 Å². The first-order valence-corrected chi connectivity index (χ1v) is 7.90. The van der Waals surface area contributed by atoms with Crippen LogP contribution in [0.3, 0.4) is 0 Å². The second-order valence-electron chi connectivity index (χ2n) is 7.85. The van der Waals surface area contributed by atoms with Gasteiger partial charge < -0.3 is 10.2 Å². The fraction of sp³-hybridized carbons (Fsp3) is 1.00. The van der Waals surface area contributed by atoms with E-state index in [9.17, 15) is 0 Å². The number of fused-ring (bicyclic) bond motifs is 5. The lowest BCUT2D eigenvalue weighted by Gasteiger charge is -2.37. The van der Waals surface area contributed by atoms with Crippen LogP contribution in [0.5, 0.6) is 0 Å². The molecule has 3 aliphatic rings. The lowest BCUT2D eigenvalue weighted by Crippen LogP contribution is -2.51.